The van der Waals surface area contributed by atoms with Gasteiger partial charge in [0, 0.05) is 57.3 Å². The van der Waals surface area contributed by atoms with Gasteiger partial charge < -0.3 is 19.4 Å². The molecule has 0 radical (unpaired) electrons. The molecule has 0 saturated carbocycles. The number of amides is 3. The second kappa shape index (κ2) is 5.76. The van der Waals surface area contributed by atoms with Crippen LogP contribution in [0.5, 0.6) is 5.75 Å². The van der Waals surface area contributed by atoms with Crippen molar-refractivity contribution in [2.45, 2.75) is 12.8 Å². The third-order valence-electron chi connectivity index (χ3n) is 4.78. The molecule has 6 nitrogen and oxygen atoms in total. The summed E-state index contributed by atoms with van der Waals surface area (Å²) in [5.41, 5.74) is 0.745. The molecule has 23 heavy (non-hydrogen) atoms. The lowest BCUT2D eigenvalue weighted by molar-refractivity contribution is -0.117. The monoisotopic (exact) mass is 317 g/mol. The zero-order chi connectivity index (χ0) is 16.6. The molecule has 2 saturated heterocycles. The molecule has 0 bridgehead atoms. The summed E-state index contributed by atoms with van der Waals surface area (Å²) in [5.74, 6) is 0.865. The van der Waals surface area contributed by atoms with Gasteiger partial charge in [-0.25, -0.2) is 4.79 Å². The first-order chi connectivity index (χ1) is 10.9. The van der Waals surface area contributed by atoms with Gasteiger partial charge in [-0.3, -0.25) is 4.79 Å². The molecule has 2 aliphatic heterocycles. The fourth-order valence-corrected chi connectivity index (χ4v) is 3.56. The van der Waals surface area contributed by atoms with Crippen LogP contribution in [0, 0.1) is 5.41 Å². The van der Waals surface area contributed by atoms with Crippen LogP contribution in [-0.2, 0) is 4.79 Å². The number of hydrogen-bond acceptors (Lipinski definition) is 3. The van der Waals surface area contributed by atoms with Gasteiger partial charge in [0.05, 0.1) is 7.11 Å². The first kappa shape index (κ1) is 15.6. The fraction of sp³-hybridized carbons (Fsp3) is 0.529. The Morgan fingerprint density at radius 2 is 2.09 bits per heavy atom. The summed E-state index contributed by atoms with van der Waals surface area (Å²) < 4.78 is 5.25. The number of anilines is 1. The molecule has 0 unspecified atom stereocenters. The number of benzene rings is 1. The predicted octanol–water partition coefficient (Wildman–Crippen LogP) is 1.81. The Balaban J connectivity index is 1.76. The van der Waals surface area contributed by atoms with Crippen molar-refractivity contribution >= 4 is 17.6 Å². The van der Waals surface area contributed by atoms with E-state index in [2.05, 4.69) is 0 Å². The third-order valence-corrected chi connectivity index (χ3v) is 4.78. The zero-order valence-electron chi connectivity index (χ0n) is 13.9. The predicted molar refractivity (Wildman–Crippen MR) is 87.7 cm³/mol. The molecule has 124 valence electrons. The molecule has 1 atom stereocenters. The molecule has 0 aromatic heterocycles. The summed E-state index contributed by atoms with van der Waals surface area (Å²) in [5, 5.41) is 0. The second-order valence-corrected chi connectivity index (χ2v) is 6.71. The first-order valence-corrected chi connectivity index (χ1v) is 7.85. The van der Waals surface area contributed by atoms with Crippen LogP contribution >= 0.6 is 0 Å². The van der Waals surface area contributed by atoms with Gasteiger partial charge in [0.15, 0.2) is 0 Å². The molecule has 1 aromatic rings. The molecule has 3 rings (SSSR count). The number of carbonyl (C=O) groups is 2. The van der Waals surface area contributed by atoms with Crippen LogP contribution in [0.3, 0.4) is 0 Å². The average molecular weight is 317 g/mol. The van der Waals surface area contributed by atoms with Gasteiger partial charge in [-0.15, -0.1) is 0 Å². The molecule has 1 aromatic carbocycles. The molecular weight excluding hydrogens is 294 g/mol. The lowest BCUT2D eigenvalue weighted by Gasteiger charge is -2.25. The smallest absolute Gasteiger partial charge is 0.319 e. The van der Waals surface area contributed by atoms with Gasteiger partial charge in [0.1, 0.15) is 5.75 Å². The lowest BCUT2D eigenvalue weighted by Crippen LogP contribution is -2.39. The van der Waals surface area contributed by atoms with Crippen LogP contribution < -0.4 is 9.64 Å². The maximum atomic E-state index is 12.5. The van der Waals surface area contributed by atoms with E-state index in [1.807, 2.05) is 34.1 Å². The van der Waals surface area contributed by atoms with E-state index in [-0.39, 0.29) is 17.4 Å². The highest BCUT2D eigenvalue weighted by Crippen LogP contribution is 2.42. The van der Waals surface area contributed by atoms with E-state index in [1.165, 1.54) is 0 Å². The number of likely N-dealkylation sites (tertiary alicyclic amines) is 1. The Kier molecular flexibility index (Phi) is 3.92. The molecule has 6 heteroatoms. The van der Waals surface area contributed by atoms with Crippen molar-refractivity contribution in [3.05, 3.63) is 24.3 Å². The minimum absolute atomic E-state index is 0.0224. The Hall–Kier alpha value is -2.24. The van der Waals surface area contributed by atoms with E-state index in [1.54, 1.807) is 26.1 Å². The summed E-state index contributed by atoms with van der Waals surface area (Å²) in [6.07, 6.45) is 1.38. The normalized spacial score (nSPS) is 23.7. The molecular formula is C17H23N3O3. The first-order valence-electron chi connectivity index (χ1n) is 7.85. The molecule has 0 aliphatic carbocycles. The Bertz CT molecular complexity index is 631. The van der Waals surface area contributed by atoms with E-state index in [0.717, 1.165) is 24.4 Å². The number of ether oxygens (including phenoxy) is 1. The number of hydrogen-bond donors (Lipinski definition) is 0. The molecule has 3 amide bonds. The van der Waals surface area contributed by atoms with Crippen LogP contribution in [0.1, 0.15) is 12.8 Å². The molecule has 2 fully saturated rings. The van der Waals surface area contributed by atoms with Crippen LogP contribution in [0.2, 0.25) is 0 Å². The van der Waals surface area contributed by atoms with E-state index in [4.69, 9.17) is 4.74 Å². The van der Waals surface area contributed by atoms with Crippen molar-refractivity contribution in [3.63, 3.8) is 0 Å². The van der Waals surface area contributed by atoms with E-state index in [9.17, 15) is 9.59 Å². The Labute approximate surface area is 136 Å². The van der Waals surface area contributed by atoms with Gasteiger partial charge in [-0.1, -0.05) is 6.07 Å². The van der Waals surface area contributed by atoms with Gasteiger partial charge in [-0.05, 0) is 18.6 Å². The SMILES string of the molecule is COc1cccc(N2C[C@]3(CCN(C(=O)N(C)C)C3)CC2=O)c1. The molecule has 2 aliphatic rings. The van der Waals surface area contributed by atoms with Crippen molar-refractivity contribution in [1.29, 1.82) is 0 Å². The summed E-state index contributed by atoms with van der Waals surface area (Å²) in [7, 11) is 5.14. The van der Waals surface area contributed by atoms with E-state index < -0.39 is 0 Å². The average Bonchev–Trinajstić information content (AvgIpc) is 3.10. The van der Waals surface area contributed by atoms with Gasteiger partial charge in [-0.2, -0.15) is 0 Å². The van der Waals surface area contributed by atoms with Crippen LogP contribution in [0.15, 0.2) is 24.3 Å². The van der Waals surface area contributed by atoms with Crippen LogP contribution in [0.25, 0.3) is 0 Å². The van der Waals surface area contributed by atoms with Crippen LogP contribution in [-0.4, -0.2) is 62.6 Å². The molecule has 2 heterocycles. The molecule has 1 spiro atoms. The minimum Gasteiger partial charge on any atom is -0.497 e. The number of rotatable bonds is 2. The summed E-state index contributed by atoms with van der Waals surface area (Å²) in [6.45, 7) is 2.03. The number of urea groups is 1. The standard InChI is InChI=1S/C17H23N3O3/c1-18(2)16(22)19-8-7-17(11-19)10-15(21)20(12-17)13-5-4-6-14(9-13)23-3/h4-6,9H,7-8,10-12H2,1-3H3/t17-/m1/s1. The van der Waals surface area contributed by atoms with Crippen molar-refractivity contribution in [3.8, 4) is 5.75 Å². The summed E-state index contributed by atoms with van der Waals surface area (Å²) in [6, 6.07) is 7.59. The zero-order valence-corrected chi connectivity index (χ0v) is 13.9. The highest BCUT2D eigenvalue weighted by atomic mass is 16.5. The number of methoxy groups -OCH3 is 1. The van der Waals surface area contributed by atoms with Crippen molar-refractivity contribution < 1.29 is 14.3 Å². The summed E-state index contributed by atoms with van der Waals surface area (Å²) in [4.78, 5) is 29.9. The van der Waals surface area contributed by atoms with Gasteiger partial charge >= 0.3 is 6.03 Å². The van der Waals surface area contributed by atoms with Gasteiger partial charge in [0.2, 0.25) is 5.91 Å². The lowest BCUT2D eigenvalue weighted by atomic mass is 9.86. The summed E-state index contributed by atoms with van der Waals surface area (Å²) >= 11 is 0. The number of carbonyl (C=O) groups excluding carboxylic acids is 2. The van der Waals surface area contributed by atoms with E-state index in [0.29, 0.717) is 19.5 Å². The largest absolute Gasteiger partial charge is 0.497 e. The highest BCUT2D eigenvalue weighted by molar-refractivity contribution is 5.96. The van der Waals surface area contributed by atoms with Crippen LogP contribution in [0.4, 0.5) is 10.5 Å². The minimum atomic E-state index is -0.119. The van der Waals surface area contributed by atoms with Gasteiger partial charge in [0.25, 0.3) is 0 Å². The quantitative estimate of drug-likeness (QED) is 0.836. The fourth-order valence-electron chi connectivity index (χ4n) is 3.56. The van der Waals surface area contributed by atoms with E-state index >= 15 is 0 Å². The second-order valence-electron chi connectivity index (χ2n) is 6.71. The molecule has 0 N–H and O–H groups in total. The maximum absolute atomic E-state index is 12.5. The highest BCUT2D eigenvalue weighted by Gasteiger charge is 2.49. The Morgan fingerprint density at radius 1 is 1.30 bits per heavy atom. The van der Waals surface area contributed by atoms with Crippen molar-refractivity contribution in [2.75, 3.05) is 45.7 Å². The maximum Gasteiger partial charge on any atom is 0.319 e. The van der Waals surface area contributed by atoms with Crippen molar-refractivity contribution in [2.24, 2.45) is 5.41 Å². The Morgan fingerprint density at radius 3 is 2.78 bits per heavy atom. The van der Waals surface area contributed by atoms with Crippen molar-refractivity contribution in [1.82, 2.24) is 9.80 Å². The number of nitrogens with zero attached hydrogens (tertiary/aromatic N) is 3. The topological polar surface area (TPSA) is 53.1 Å². The third kappa shape index (κ3) is 2.85.